The highest BCUT2D eigenvalue weighted by molar-refractivity contribution is 5.96. The van der Waals surface area contributed by atoms with Gasteiger partial charge in [-0.2, -0.15) is 0 Å². The molecule has 0 aromatic heterocycles. The van der Waals surface area contributed by atoms with Crippen molar-refractivity contribution in [3.63, 3.8) is 0 Å². The molecule has 2 aromatic carbocycles. The van der Waals surface area contributed by atoms with Crippen LogP contribution < -0.4 is 0 Å². The minimum atomic E-state index is 0.186. The van der Waals surface area contributed by atoms with Crippen molar-refractivity contribution in [3.8, 4) is 11.1 Å². The molecule has 1 saturated carbocycles. The molecular weight excluding hydrogens is 344 g/mol. The summed E-state index contributed by atoms with van der Waals surface area (Å²) in [7, 11) is 0. The van der Waals surface area contributed by atoms with Crippen LogP contribution in [0, 0.1) is 5.92 Å². The second kappa shape index (κ2) is 9.82. The van der Waals surface area contributed by atoms with E-state index >= 15 is 0 Å². The fourth-order valence-electron chi connectivity index (χ4n) is 4.30. The van der Waals surface area contributed by atoms with Crippen LogP contribution in [0.2, 0.25) is 0 Å². The summed E-state index contributed by atoms with van der Waals surface area (Å²) < 4.78 is 0. The van der Waals surface area contributed by atoms with Gasteiger partial charge in [0.05, 0.1) is 0 Å². The van der Waals surface area contributed by atoms with Crippen LogP contribution in [-0.4, -0.2) is 11.6 Å². The zero-order valence-corrected chi connectivity index (χ0v) is 17.2. The van der Waals surface area contributed by atoms with Gasteiger partial charge in [0.25, 0.3) is 0 Å². The number of hydrogen-bond donors (Lipinski definition) is 0. The number of benzene rings is 2. The molecule has 0 saturated heterocycles. The van der Waals surface area contributed by atoms with Gasteiger partial charge < -0.3 is 0 Å². The molecule has 0 unspecified atom stereocenters. The Balaban J connectivity index is 1.59. The predicted molar refractivity (Wildman–Crippen MR) is 116 cm³/mol. The highest BCUT2D eigenvalue weighted by Crippen LogP contribution is 2.37. The lowest BCUT2D eigenvalue weighted by molar-refractivity contribution is -0.124. The second-order valence-electron chi connectivity index (χ2n) is 8.09. The molecular formula is C26H32O2. The number of ketones is 2. The molecule has 2 nitrogen and oxygen atoms in total. The molecule has 148 valence electrons. The van der Waals surface area contributed by atoms with Crippen LogP contribution in [0.25, 0.3) is 11.1 Å². The maximum absolute atomic E-state index is 12.3. The van der Waals surface area contributed by atoms with Gasteiger partial charge in [-0.05, 0) is 54.7 Å². The summed E-state index contributed by atoms with van der Waals surface area (Å²) in [5.41, 5.74) is 4.50. The first-order chi connectivity index (χ1) is 13.6. The van der Waals surface area contributed by atoms with Gasteiger partial charge in [0.15, 0.2) is 5.78 Å². The summed E-state index contributed by atoms with van der Waals surface area (Å²) in [4.78, 5) is 24.0. The molecule has 0 atom stereocenters. The fraction of sp³-hybridized carbons (Fsp3) is 0.462. The van der Waals surface area contributed by atoms with E-state index in [4.69, 9.17) is 0 Å². The largest absolute Gasteiger partial charge is 0.299 e. The fourth-order valence-corrected chi connectivity index (χ4v) is 4.30. The molecule has 0 amide bonds. The van der Waals surface area contributed by atoms with E-state index in [0.29, 0.717) is 24.0 Å². The number of carbonyl (C=O) groups is 2. The maximum atomic E-state index is 12.3. The molecule has 0 radical (unpaired) electrons. The van der Waals surface area contributed by atoms with Crippen molar-refractivity contribution < 1.29 is 9.59 Å². The number of hydrogen-bond acceptors (Lipinski definition) is 2. The van der Waals surface area contributed by atoms with Crippen LogP contribution in [0.15, 0.2) is 48.5 Å². The van der Waals surface area contributed by atoms with Crippen LogP contribution in [0.5, 0.6) is 0 Å². The van der Waals surface area contributed by atoms with Crippen molar-refractivity contribution in [3.05, 3.63) is 59.7 Å². The smallest absolute Gasteiger partial charge is 0.162 e. The van der Waals surface area contributed by atoms with Crippen molar-refractivity contribution in [1.29, 1.82) is 0 Å². The van der Waals surface area contributed by atoms with Crippen LogP contribution >= 0.6 is 0 Å². The summed E-state index contributed by atoms with van der Waals surface area (Å²) in [5, 5.41) is 0. The van der Waals surface area contributed by atoms with Gasteiger partial charge in [0.1, 0.15) is 5.78 Å². The Labute approximate surface area is 169 Å². The monoisotopic (exact) mass is 376 g/mol. The first-order valence-corrected chi connectivity index (χ1v) is 10.9. The van der Waals surface area contributed by atoms with E-state index in [9.17, 15) is 9.59 Å². The molecule has 2 aromatic rings. The van der Waals surface area contributed by atoms with E-state index in [1.165, 1.54) is 11.1 Å². The van der Waals surface area contributed by atoms with Gasteiger partial charge in [-0.1, -0.05) is 68.8 Å². The average molecular weight is 377 g/mol. The number of unbranched alkanes of at least 4 members (excludes halogenated alkanes) is 1. The molecule has 0 bridgehead atoms. The zero-order chi connectivity index (χ0) is 19.9. The van der Waals surface area contributed by atoms with Crippen LogP contribution in [-0.2, 0) is 4.79 Å². The quantitative estimate of drug-likeness (QED) is 0.466. The minimum absolute atomic E-state index is 0.186. The van der Waals surface area contributed by atoms with Crippen molar-refractivity contribution in [2.24, 2.45) is 5.92 Å². The predicted octanol–water partition coefficient (Wildman–Crippen LogP) is 6.98. The van der Waals surface area contributed by atoms with E-state index in [1.807, 2.05) is 31.2 Å². The lowest BCUT2D eigenvalue weighted by atomic mass is 9.76. The van der Waals surface area contributed by atoms with Crippen molar-refractivity contribution >= 4 is 11.6 Å². The SMILES string of the molecule is CCCCC(=O)C1CCC(c2ccc(-c3ccc(C(=O)CC)cc3)cc2)CC1. The van der Waals surface area contributed by atoms with E-state index in [2.05, 4.69) is 31.2 Å². The van der Waals surface area contributed by atoms with E-state index in [0.717, 1.165) is 56.1 Å². The lowest BCUT2D eigenvalue weighted by Gasteiger charge is -2.28. The average Bonchev–Trinajstić information content (AvgIpc) is 2.77. The Kier molecular flexibility index (Phi) is 7.19. The minimum Gasteiger partial charge on any atom is -0.299 e. The molecule has 2 heteroatoms. The Morgan fingerprint density at radius 1 is 0.821 bits per heavy atom. The van der Waals surface area contributed by atoms with Crippen LogP contribution in [0.4, 0.5) is 0 Å². The Morgan fingerprint density at radius 3 is 1.93 bits per heavy atom. The summed E-state index contributed by atoms with van der Waals surface area (Å²) in [6, 6.07) is 16.8. The lowest BCUT2D eigenvalue weighted by Crippen LogP contribution is -2.21. The molecule has 0 aliphatic heterocycles. The van der Waals surface area contributed by atoms with E-state index in [1.54, 1.807) is 0 Å². The van der Waals surface area contributed by atoms with Gasteiger partial charge in [-0.15, -0.1) is 0 Å². The molecule has 1 fully saturated rings. The highest BCUT2D eigenvalue weighted by atomic mass is 16.1. The number of rotatable bonds is 8. The van der Waals surface area contributed by atoms with Gasteiger partial charge in [0, 0.05) is 24.3 Å². The third-order valence-electron chi connectivity index (χ3n) is 6.20. The molecule has 0 N–H and O–H groups in total. The van der Waals surface area contributed by atoms with Gasteiger partial charge in [-0.3, -0.25) is 9.59 Å². The highest BCUT2D eigenvalue weighted by Gasteiger charge is 2.26. The summed E-state index contributed by atoms with van der Waals surface area (Å²) in [5.74, 6) is 1.55. The molecule has 28 heavy (non-hydrogen) atoms. The van der Waals surface area contributed by atoms with Gasteiger partial charge in [0.2, 0.25) is 0 Å². The third kappa shape index (κ3) is 4.98. The maximum Gasteiger partial charge on any atom is 0.162 e. The van der Waals surface area contributed by atoms with Gasteiger partial charge >= 0.3 is 0 Å². The Hall–Kier alpha value is -2.22. The first-order valence-electron chi connectivity index (χ1n) is 10.9. The third-order valence-corrected chi connectivity index (χ3v) is 6.20. The van der Waals surface area contributed by atoms with Crippen molar-refractivity contribution in [1.82, 2.24) is 0 Å². The number of carbonyl (C=O) groups excluding carboxylic acids is 2. The van der Waals surface area contributed by atoms with E-state index in [-0.39, 0.29) is 5.78 Å². The van der Waals surface area contributed by atoms with Gasteiger partial charge in [-0.25, -0.2) is 0 Å². The molecule has 3 rings (SSSR count). The van der Waals surface area contributed by atoms with Crippen LogP contribution in [0.3, 0.4) is 0 Å². The Morgan fingerprint density at radius 2 is 1.39 bits per heavy atom. The normalized spacial score (nSPS) is 19.4. The Bertz CT molecular complexity index is 778. The molecule has 0 heterocycles. The molecule has 1 aliphatic carbocycles. The van der Waals surface area contributed by atoms with E-state index < -0.39 is 0 Å². The number of Topliss-reactive ketones (excluding diaryl/α,β-unsaturated/α-hetero) is 2. The summed E-state index contributed by atoms with van der Waals surface area (Å²) >= 11 is 0. The second-order valence-corrected chi connectivity index (χ2v) is 8.09. The summed E-state index contributed by atoms with van der Waals surface area (Å²) in [6.07, 6.45) is 7.78. The summed E-state index contributed by atoms with van der Waals surface area (Å²) in [6.45, 7) is 4.04. The molecule has 0 spiro atoms. The standard InChI is InChI=1S/C26H32O2/c1-3-5-6-26(28)24-17-13-22(14-18-24)20-9-7-19(8-10-20)21-11-15-23(16-12-21)25(27)4-2/h7-12,15-16,22,24H,3-6,13-14,17-18H2,1-2H3. The molecule has 1 aliphatic rings. The topological polar surface area (TPSA) is 34.1 Å². The van der Waals surface area contributed by atoms with Crippen molar-refractivity contribution in [2.75, 3.05) is 0 Å². The van der Waals surface area contributed by atoms with Crippen LogP contribution in [0.1, 0.15) is 87.1 Å². The van der Waals surface area contributed by atoms with Crippen molar-refractivity contribution in [2.45, 2.75) is 71.1 Å². The first kappa shape index (κ1) is 20.5. The zero-order valence-electron chi connectivity index (χ0n) is 17.2.